The van der Waals surface area contributed by atoms with Gasteiger partial charge in [0.25, 0.3) is 0 Å². The zero-order chi connectivity index (χ0) is 11.4. The third-order valence-corrected chi connectivity index (χ3v) is 1.33. The van der Waals surface area contributed by atoms with Crippen molar-refractivity contribution in [3.63, 3.8) is 0 Å². The molecule has 0 saturated carbocycles. The van der Waals surface area contributed by atoms with Gasteiger partial charge in [0.05, 0.1) is 11.2 Å². The van der Waals surface area contributed by atoms with Crippen molar-refractivity contribution in [2.45, 2.75) is 52.7 Å². The molecule has 0 fully saturated rings. The lowest BCUT2D eigenvalue weighted by Gasteiger charge is -2.21. The van der Waals surface area contributed by atoms with Crippen LogP contribution in [0.1, 0.15) is 41.5 Å². The highest BCUT2D eigenvalue weighted by Gasteiger charge is 2.16. The minimum absolute atomic E-state index is 0.0187. The summed E-state index contributed by atoms with van der Waals surface area (Å²) >= 11 is 0. The smallest absolute Gasteiger partial charge is 0.184 e. The Morgan fingerprint density at radius 1 is 0.857 bits per heavy atom. The van der Waals surface area contributed by atoms with Crippen molar-refractivity contribution >= 4 is 5.78 Å². The lowest BCUT2D eigenvalue weighted by molar-refractivity contribution is -0.137. The summed E-state index contributed by atoms with van der Waals surface area (Å²) in [5.41, 5.74) is -0.533. The van der Waals surface area contributed by atoms with Crippen LogP contribution in [0.4, 0.5) is 0 Å². The predicted molar refractivity (Wildman–Crippen MR) is 56.4 cm³/mol. The average molecular weight is 202 g/mol. The van der Waals surface area contributed by atoms with Crippen LogP contribution in [0.15, 0.2) is 0 Å². The molecule has 3 nitrogen and oxygen atoms in total. The minimum Gasteiger partial charge on any atom is -0.368 e. The standard InChI is InChI=1S/C11H22O3/c1-10(2,3)13-7-9(12)8-14-11(4,5)6/h7-8H2,1-6H3. The molecule has 0 aromatic heterocycles. The van der Waals surface area contributed by atoms with Crippen LogP contribution in [-0.4, -0.2) is 30.2 Å². The fourth-order valence-corrected chi connectivity index (χ4v) is 0.636. The Bertz CT molecular complexity index is 164. The van der Waals surface area contributed by atoms with Crippen LogP contribution in [0.5, 0.6) is 0 Å². The average Bonchev–Trinajstić information content (AvgIpc) is 1.94. The maximum atomic E-state index is 11.3. The van der Waals surface area contributed by atoms with Crippen molar-refractivity contribution in [3.05, 3.63) is 0 Å². The zero-order valence-corrected chi connectivity index (χ0v) is 10.1. The first kappa shape index (κ1) is 13.6. The molecule has 0 spiro atoms. The molecule has 0 aliphatic heterocycles. The summed E-state index contributed by atoms with van der Waals surface area (Å²) in [6.07, 6.45) is 0. The van der Waals surface area contributed by atoms with E-state index in [-0.39, 0.29) is 30.2 Å². The van der Waals surface area contributed by atoms with Gasteiger partial charge in [0.1, 0.15) is 13.2 Å². The summed E-state index contributed by atoms with van der Waals surface area (Å²) < 4.78 is 10.7. The second kappa shape index (κ2) is 4.89. The minimum atomic E-state index is -0.266. The van der Waals surface area contributed by atoms with E-state index in [0.29, 0.717) is 0 Å². The maximum Gasteiger partial charge on any atom is 0.184 e. The van der Waals surface area contributed by atoms with Crippen LogP contribution < -0.4 is 0 Å². The molecule has 0 aliphatic carbocycles. The van der Waals surface area contributed by atoms with Crippen molar-refractivity contribution in [2.24, 2.45) is 0 Å². The Labute approximate surface area is 86.8 Å². The van der Waals surface area contributed by atoms with E-state index in [4.69, 9.17) is 9.47 Å². The van der Waals surface area contributed by atoms with Gasteiger partial charge in [0, 0.05) is 0 Å². The second-order valence-corrected chi connectivity index (χ2v) is 5.34. The van der Waals surface area contributed by atoms with E-state index in [0.717, 1.165) is 0 Å². The van der Waals surface area contributed by atoms with E-state index < -0.39 is 0 Å². The van der Waals surface area contributed by atoms with E-state index in [1.807, 2.05) is 41.5 Å². The molecule has 0 atom stereocenters. The number of hydrogen-bond acceptors (Lipinski definition) is 3. The molecule has 0 radical (unpaired) electrons. The van der Waals surface area contributed by atoms with Crippen molar-refractivity contribution in [1.82, 2.24) is 0 Å². The molecule has 84 valence electrons. The van der Waals surface area contributed by atoms with Crippen LogP contribution in [0.3, 0.4) is 0 Å². The molecular weight excluding hydrogens is 180 g/mol. The summed E-state index contributed by atoms with van der Waals surface area (Å²) in [7, 11) is 0. The molecule has 0 heterocycles. The van der Waals surface area contributed by atoms with Crippen LogP contribution >= 0.6 is 0 Å². The molecule has 0 rings (SSSR count). The highest BCUT2D eigenvalue weighted by molar-refractivity contribution is 5.80. The Balaban J connectivity index is 3.68. The molecule has 0 aromatic carbocycles. The summed E-state index contributed by atoms with van der Waals surface area (Å²) in [6, 6.07) is 0. The highest BCUT2D eigenvalue weighted by atomic mass is 16.5. The molecule has 0 bridgehead atoms. The largest absolute Gasteiger partial charge is 0.368 e. The lowest BCUT2D eigenvalue weighted by Crippen LogP contribution is -2.29. The Morgan fingerprint density at radius 2 is 1.14 bits per heavy atom. The van der Waals surface area contributed by atoms with E-state index in [2.05, 4.69) is 0 Å². The normalized spacial score (nSPS) is 13.0. The second-order valence-electron chi connectivity index (χ2n) is 5.34. The zero-order valence-electron chi connectivity index (χ0n) is 10.1. The van der Waals surface area contributed by atoms with Gasteiger partial charge in [0.2, 0.25) is 0 Å². The molecule has 0 N–H and O–H groups in total. The van der Waals surface area contributed by atoms with Crippen LogP contribution in [0, 0.1) is 0 Å². The van der Waals surface area contributed by atoms with Crippen molar-refractivity contribution in [2.75, 3.05) is 13.2 Å². The van der Waals surface area contributed by atoms with Crippen LogP contribution in [0.25, 0.3) is 0 Å². The van der Waals surface area contributed by atoms with E-state index in [1.54, 1.807) is 0 Å². The molecule has 3 heteroatoms. The number of carbonyl (C=O) groups excluding carboxylic acids is 1. The summed E-state index contributed by atoms with van der Waals surface area (Å²) in [5, 5.41) is 0. The SMILES string of the molecule is CC(C)(C)OCC(=O)COC(C)(C)C. The number of rotatable bonds is 4. The number of ketones is 1. The quantitative estimate of drug-likeness (QED) is 0.701. The Kier molecular flexibility index (Phi) is 4.75. The van der Waals surface area contributed by atoms with Gasteiger partial charge >= 0.3 is 0 Å². The van der Waals surface area contributed by atoms with Gasteiger partial charge in [-0.3, -0.25) is 4.79 Å². The van der Waals surface area contributed by atoms with E-state index in [1.165, 1.54) is 0 Å². The van der Waals surface area contributed by atoms with Crippen LogP contribution in [-0.2, 0) is 14.3 Å². The fraction of sp³-hybridized carbons (Fsp3) is 0.909. The third kappa shape index (κ3) is 9.68. The molecule has 0 amide bonds. The Hall–Kier alpha value is -0.410. The van der Waals surface area contributed by atoms with E-state index >= 15 is 0 Å². The van der Waals surface area contributed by atoms with E-state index in [9.17, 15) is 4.79 Å². The third-order valence-electron chi connectivity index (χ3n) is 1.33. The first-order chi connectivity index (χ1) is 6.10. The van der Waals surface area contributed by atoms with Crippen molar-refractivity contribution < 1.29 is 14.3 Å². The monoisotopic (exact) mass is 202 g/mol. The topological polar surface area (TPSA) is 35.5 Å². The fourth-order valence-electron chi connectivity index (χ4n) is 0.636. The molecule has 0 aromatic rings. The molecular formula is C11H22O3. The lowest BCUT2D eigenvalue weighted by atomic mass is 10.2. The van der Waals surface area contributed by atoms with Gasteiger partial charge in [-0.25, -0.2) is 0 Å². The summed E-state index contributed by atoms with van der Waals surface area (Å²) in [6.45, 7) is 11.8. The van der Waals surface area contributed by atoms with Gasteiger partial charge in [-0.2, -0.15) is 0 Å². The van der Waals surface area contributed by atoms with Gasteiger partial charge in [-0.05, 0) is 41.5 Å². The van der Waals surface area contributed by atoms with Crippen molar-refractivity contribution in [3.8, 4) is 0 Å². The number of carbonyl (C=O) groups is 1. The number of ether oxygens (including phenoxy) is 2. The van der Waals surface area contributed by atoms with Gasteiger partial charge < -0.3 is 9.47 Å². The summed E-state index contributed by atoms with van der Waals surface area (Å²) in [5.74, 6) is -0.0187. The van der Waals surface area contributed by atoms with Gasteiger partial charge in [-0.1, -0.05) is 0 Å². The molecule has 14 heavy (non-hydrogen) atoms. The number of Topliss-reactive ketones (excluding diaryl/α,β-unsaturated/α-hetero) is 1. The van der Waals surface area contributed by atoms with Crippen molar-refractivity contribution in [1.29, 1.82) is 0 Å². The highest BCUT2D eigenvalue weighted by Crippen LogP contribution is 2.08. The Morgan fingerprint density at radius 3 is 1.36 bits per heavy atom. The molecule has 0 aliphatic rings. The predicted octanol–water partition coefficient (Wildman–Crippen LogP) is 2.19. The first-order valence-electron chi connectivity index (χ1n) is 4.90. The molecule has 0 unspecified atom stereocenters. The molecule has 0 saturated heterocycles. The number of hydrogen-bond donors (Lipinski definition) is 0. The summed E-state index contributed by atoms with van der Waals surface area (Å²) in [4.78, 5) is 11.3. The first-order valence-corrected chi connectivity index (χ1v) is 4.90. The maximum absolute atomic E-state index is 11.3. The van der Waals surface area contributed by atoms with Crippen LogP contribution in [0.2, 0.25) is 0 Å². The van der Waals surface area contributed by atoms with Gasteiger partial charge in [-0.15, -0.1) is 0 Å². The van der Waals surface area contributed by atoms with Gasteiger partial charge in [0.15, 0.2) is 5.78 Å².